The lowest BCUT2D eigenvalue weighted by molar-refractivity contribution is -0.184. The van der Waals surface area contributed by atoms with Crippen molar-refractivity contribution in [1.29, 1.82) is 0 Å². The van der Waals surface area contributed by atoms with Gasteiger partial charge < -0.3 is 0 Å². The number of benzene rings is 1. The molecule has 2 bridgehead atoms. The van der Waals surface area contributed by atoms with E-state index in [1.54, 1.807) is 4.72 Å². The van der Waals surface area contributed by atoms with Crippen LogP contribution in [0.5, 0.6) is 0 Å². The van der Waals surface area contributed by atoms with E-state index in [1.807, 2.05) is 29.2 Å². The number of alkyl halides is 6. The summed E-state index contributed by atoms with van der Waals surface area (Å²) in [6.45, 7) is -0.213. The highest BCUT2D eigenvalue weighted by atomic mass is 32.2. The average Bonchev–Trinajstić information content (AvgIpc) is 3.05. The monoisotopic (exact) mass is 539 g/mol. The van der Waals surface area contributed by atoms with Crippen molar-refractivity contribution < 1.29 is 34.8 Å². The summed E-state index contributed by atoms with van der Waals surface area (Å²) in [5, 5.41) is 0. The van der Waals surface area contributed by atoms with Crippen molar-refractivity contribution in [3.05, 3.63) is 41.0 Å². The third-order valence-corrected chi connectivity index (χ3v) is 8.70. The predicted molar refractivity (Wildman–Crippen MR) is 124 cm³/mol. The molecule has 0 spiro atoms. The molecule has 2 fully saturated rings. The highest BCUT2D eigenvalue weighted by molar-refractivity contribution is 7.87. The summed E-state index contributed by atoms with van der Waals surface area (Å²) in [7, 11) is -4.28. The van der Waals surface area contributed by atoms with Gasteiger partial charge in [-0.25, -0.2) is 0 Å². The van der Waals surface area contributed by atoms with Crippen molar-refractivity contribution in [2.75, 3.05) is 26.2 Å². The Balaban J connectivity index is 1.35. The third kappa shape index (κ3) is 7.23. The minimum Gasteiger partial charge on any atom is -0.300 e. The Morgan fingerprint density at radius 2 is 1.58 bits per heavy atom. The van der Waals surface area contributed by atoms with Crippen molar-refractivity contribution in [3.63, 3.8) is 0 Å². The van der Waals surface area contributed by atoms with E-state index in [1.165, 1.54) is 0 Å². The van der Waals surface area contributed by atoms with E-state index in [0.717, 1.165) is 29.5 Å². The Bertz CT molecular complexity index is 1050. The summed E-state index contributed by atoms with van der Waals surface area (Å²) in [4.78, 5) is 2.00. The fourth-order valence-electron chi connectivity index (χ4n) is 5.70. The number of hydrogen-bond donors (Lipinski definition) is 2. The van der Waals surface area contributed by atoms with Crippen LogP contribution in [0, 0.1) is 17.8 Å². The summed E-state index contributed by atoms with van der Waals surface area (Å²) in [6, 6.07) is 5.60. The number of piperidine rings is 1. The standard InChI is InChI=1S/C24H31F6N3O2S/c25-23(26,27)15-31-36(34,35)32-22-18-5-6-19(22)14-20-12-16(3-4-17(20)13-18)2-1-9-33-10-7-21(8-11-33)24(28,29)30/h1-4,12,18-19,21-22,31-32H,5-11,13-15H2/b2-1+/t18-,19+,22-/m1/s1. The van der Waals surface area contributed by atoms with Crippen molar-refractivity contribution in [1.82, 2.24) is 14.3 Å². The molecule has 3 atom stereocenters. The van der Waals surface area contributed by atoms with Gasteiger partial charge in [-0.2, -0.15) is 44.2 Å². The molecule has 0 radical (unpaired) electrons. The predicted octanol–water partition coefficient (Wildman–Crippen LogP) is 4.45. The topological polar surface area (TPSA) is 61.4 Å². The Hall–Kier alpha value is -1.63. The van der Waals surface area contributed by atoms with Crippen molar-refractivity contribution in [3.8, 4) is 0 Å². The average molecular weight is 540 g/mol. The summed E-state index contributed by atoms with van der Waals surface area (Å²) >= 11 is 0. The maximum absolute atomic E-state index is 12.8. The lowest BCUT2D eigenvalue weighted by atomic mass is 9.92. The molecule has 1 saturated heterocycles. The first-order valence-electron chi connectivity index (χ1n) is 12.2. The SMILES string of the molecule is O=S(=O)(NCC(F)(F)F)N[C@@H]1[C@@H]2CC[C@H]1Cc1cc(/C=C/CN3CCC(C(F)(F)F)CC3)ccc1C2. The van der Waals surface area contributed by atoms with Gasteiger partial charge >= 0.3 is 12.4 Å². The highest BCUT2D eigenvalue weighted by Gasteiger charge is 2.42. The van der Waals surface area contributed by atoms with Crippen LogP contribution < -0.4 is 9.44 Å². The number of fused-ring (bicyclic) bond motifs is 3. The lowest BCUT2D eigenvalue weighted by Crippen LogP contribution is -2.49. The zero-order chi connectivity index (χ0) is 26.1. The number of hydrogen-bond acceptors (Lipinski definition) is 3. The molecule has 3 aliphatic rings. The maximum atomic E-state index is 12.8. The molecule has 5 nitrogen and oxygen atoms in total. The molecule has 1 aromatic carbocycles. The molecule has 36 heavy (non-hydrogen) atoms. The number of nitrogens with one attached hydrogen (secondary N) is 2. The second kappa shape index (κ2) is 10.6. The van der Waals surface area contributed by atoms with E-state index in [0.29, 0.717) is 32.5 Å². The second-order valence-corrected chi connectivity index (χ2v) is 11.7. The molecular formula is C24H31F6N3O2S. The van der Waals surface area contributed by atoms with E-state index in [-0.39, 0.29) is 24.7 Å². The largest absolute Gasteiger partial charge is 0.402 e. The first-order chi connectivity index (χ1) is 16.8. The number of rotatable bonds is 7. The molecule has 2 aliphatic carbocycles. The van der Waals surface area contributed by atoms with Gasteiger partial charge in [0.15, 0.2) is 0 Å². The van der Waals surface area contributed by atoms with Gasteiger partial charge in [0.2, 0.25) is 0 Å². The van der Waals surface area contributed by atoms with Gasteiger partial charge in [0.1, 0.15) is 6.54 Å². The van der Waals surface area contributed by atoms with Crippen LogP contribution >= 0.6 is 0 Å². The van der Waals surface area contributed by atoms with E-state index in [9.17, 15) is 34.8 Å². The maximum Gasteiger partial charge on any atom is 0.402 e. The van der Waals surface area contributed by atoms with Gasteiger partial charge in [-0.1, -0.05) is 30.4 Å². The van der Waals surface area contributed by atoms with Crippen LogP contribution in [0.1, 0.15) is 42.4 Å². The Labute approximate surface area is 207 Å². The molecule has 0 aromatic heterocycles. The quantitative estimate of drug-likeness (QED) is 0.504. The lowest BCUT2D eigenvalue weighted by Gasteiger charge is -2.32. The normalized spacial score (nSPS) is 26.3. The van der Waals surface area contributed by atoms with E-state index >= 15 is 0 Å². The second-order valence-electron chi connectivity index (χ2n) is 10.1. The third-order valence-electron chi connectivity index (χ3n) is 7.60. The number of halogens is 6. The van der Waals surface area contributed by atoms with E-state index < -0.39 is 41.1 Å². The Morgan fingerprint density at radius 1 is 0.944 bits per heavy atom. The van der Waals surface area contributed by atoms with Gasteiger partial charge in [0.05, 0.1) is 5.92 Å². The van der Waals surface area contributed by atoms with Crippen molar-refractivity contribution in [2.45, 2.75) is 56.9 Å². The van der Waals surface area contributed by atoms with Gasteiger partial charge in [0, 0.05) is 12.6 Å². The molecule has 1 heterocycles. The van der Waals surface area contributed by atoms with Crippen LogP contribution in [0.25, 0.3) is 6.08 Å². The minimum absolute atomic E-state index is 0.00660. The van der Waals surface area contributed by atoms with Crippen LogP contribution in [0.4, 0.5) is 26.3 Å². The van der Waals surface area contributed by atoms with Gasteiger partial charge in [0.25, 0.3) is 10.2 Å². The zero-order valence-corrected chi connectivity index (χ0v) is 20.5. The molecule has 0 unspecified atom stereocenters. The molecule has 1 aromatic rings. The molecule has 0 amide bonds. The fraction of sp³-hybridized carbons (Fsp3) is 0.667. The van der Waals surface area contributed by atoms with Gasteiger partial charge in [-0.3, -0.25) is 4.90 Å². The Morgan fingerprint density at radius 3 is 2.19 bits per heavy atom. The molecule has 1 aliphatic heterocycles. The molecule has 2 N–H and O–H groups in total. The van der Waals surface area contributed by atoms with Crippen molar-refractivity contribution in [2.24, 2.45) is 17.8 Å². The number of likely N-dealkylation sites (tertiary alicyclic amines) is 1. The minimum atomic E-state index is -4.63. The summed E-state index contributed by atoms with van der Waals surface area (Å²) in [5.41, 5.74) is 3.17. The molecule has 202 valence electrons. The van der Waals surface area contributed by atoms with Crippen LogP contribution in [0.2, 0.25) is 0 Å². The van der Waals surface area contributed by atoms with Gasteiger partial charge in [-0.05, 0) is 80.1 Å². The van der Waals surface area contributed by atoms with Crippen LogP contribution in [0.15, 0.2) is 24.3 Å². The van der Waals surface area contributed by atoms with Crippen LogP contribution in [0.3, 0.4) is 0 Å². The summed E-state index contributed by atoms with van der Waals surface area (Å²) < 4.78 is 104. The smallest absolute Gasteiger partial charge is 0.300 e. The summed E-state index contributed by atoms with van der Waals surface area (Å²) in [6.07, 6.45) is -1.74. The number of nitrogens with zero attached hydrogens (tertiary/aromatic N) is 1. The van der Waals surface area contributed by atoms with E-state index in [2.05, 4.69) is 10.8 Å². The zero-order valence-electron chi connectivity index (χ0n) is 19.7. The first kappa shape index (κ1) is 27.4. The van der Waals surface area contributed by atoms with Crippen LogP contribution in [-0.4, -0.2) is 57.9 Å². The fourth-order valence-corrected chi connectivity index (χ4v) is 6.88. The summed E-state index contributed by atoms with van der Waals surface area (Å²) in [5.74, 6) is -1.21. The molecule has 12 heteroatoms. The Kier molecular flexibility index (Phi) is 8.09. The van der Waals surface area contributed by atoms with E-state index in [4.69, 9.17) is 0 Å². The molecule has 4 rings (SSSR count). The molecular weight excluding hydrogens is 508 g/mol. The molecule has 1 saturated carbocycles. The first-order valence-corrected chi connectivity index (χ1v) is 13.7. The van der Waals surface area contributed by atoms with Crippen molar-refractivity contribution >= 4 is 16.3 Å². The van der Waals surface area contributed by atoms with Crippen LogP contribution in [-0.2, 0) is 23.1 Å². The van der Waals surface area contributed by atoms with Gasteiger partial charge in [-0.15, -0.1) is 0 Å². The highest BCUT2D eigenvalue weighted by Crippen LogP contribution is 2.40.